The van der Waals surface area contributed by atoms with Crippen LogP contribution in [-0.2, 0) is 0 Å². The van der Waals surface area contributed by atoms with Gasteiger partial charge in [-0.3, -0.25) is 5.43 Å². The Balaban J connectivity index is 2.30. The molecule has 1 heterocycles. The number of piperazine rings is 1. The molecular formula is C6H12N4O2S. The van der Waals surface area contributed by atoms with Crippen LogP contribution in [-0.4, -0.2) is 52.4 Å². The number of nitrogens with two attached hydrogens (primary N) is 1. The summed E-state index contributed by atoms with van der Waals surface area (Å²) < 4.78 is 0. The van der Waals surface area contributed by atoms with Crippen molar-refractivity contribution in [3.8, 4) is 0 Å². The van der Waals surface area contributed by atoms with E-state index in [1.165, 1.54) is 4.90 Å². The predicted molar refractivity (Wildman–Crippen MR) is 51.1 cm³/mol. The first-order chi connectivity index (χ1) is 6.09. The van der Waals surface area contributed by atoms with Gasteiger partial charge in [-0.25, -0.2) is 9.80 Å². The van der Waals surface area contributed by atoms with Crippen molar-refractivity contribution in [1.82, 2.24) is 15.3 Å². The van der Waals surface area contributed by atoms with Crippen LogP contribution in [0.4, 0.5) is 4.79 Å². The molecule has 7 heteroatoms. The molecule has 1 amide bonds. The van der Waals surface area contributed by atoms with Crippen LogP contribution >= 0.6 is 12.2 Å². The van der Waals surface area contributed by atoms with Gasteiger partial charge in [0.1, 0.15) is 0 Å². The third-order valence-corrected chi connectivity index (χ3v) is 1.91. The fraction of sp³-hybridized carbons (Fsp3) is 0.667. The highest BCUT2D eigenvalue weighted by Gasteiger charge is 2.19. The largest absolute Gasteiger partial charge is 0.465 e. The van der Waals surface area contributed by atoms with E-state index in [4.69, 9.17) is 10.8 Å². The number of nitrogens with zero attached hydrogens (tertiary/aromatic N) is 2. The zero-order chi connectivity index (χ0) is 9.84. The van der Waals surface area contributed by atoms with Gasteiger partial charge in [-0.1, -0.05) is 0 Å². The molecule has 0 aromatic carbocycles. The van der Waals surface area contributed by atoms with Crippen LogP contribution in [0, 0.1) is 0 Å². The second-order valence-corrected chi connectivity index (χ2v) is 3.17. The maximum atomic E-state index is 10.5. The van der Waals surface area contributed by atoms with Crippen molar-refractivity contribution in [3.63, 3.8) is 0 Å². The molecule has 0 atom stereocenters. The lowest BCUT2D eigenvalue weighted by atomic mass is 10.4. The predicted octanol–water partition coefficient (Wildman–Crippen LogP) is -0.970. The summed E-state index contributed by atoms with van der Waals surface area (Å²) in [5.41, 5.74) is 8.03. The van der Waals surface area contributed by atoms with E-state index in [1.807, 2.05) is 5.01 Å². The molecule has 0 aromatic heterocycles. The number of hydrazine groups is 1. The van der Waals surface area contributed by atoms with E-state index in [9.17, 15) is 4.79 Å². The topological polar surface area (TPSA) is 81.8 Å². The van der Waals surface area contributed by atoms with Crippen LogP contribution in [0.5, 0.6) is 0 Å². The lowest BCUT2D eigenvalue weighted by molar-refractivity contribution is 0.0949. The first-order valence-electron chi connectivity index (χ1n) is 3.88. The summed E-state index contributed by atoms with van der Waals surface area (Å²) in [6.07, 6.45) is -0.880. The minimum atomic E-state index is -0.880. The first-order valence-corrected chi connectivity index (χ1v) is 4.29. The van der Waals surface area contributed by atoms with Gasteiger partial charge in [-0.05, 0) is 12.2 Å². The Hall–Kier alpha value is -1.08. The maximum Gasteiger partial charge on any atom is 0.407 e. The van der Waals surface area contributed by atoms with Crippen LogP contribution in [0.25, 0.3) is 0 Å². The molecule has 1 aliphatic rings. The molecule has 1 aliphatic heterocycles. The molecule has 4 N–H and O–H groups in total. The van der Waals surface area contributed by atoms with Gasteiger partial charge >= 0.3 is 6.09 Å². The second kappa shape index (κ2) is 4.24. The second-order valence-electron chi connectivity index (χ2n) is 2.73. The summed E-state index contributed by atoms with van der Waals surface area (Å²) in [7, 11) is 0. The Labute approximate surface area is 81.3 Å². The number of nitrogens with one attached hydrogen (secondary N) is 1. The van der Waals surface area contributed by atoms with Gasteiger partial charge < -0.3 is 15.7 Å². The number of amides is 1. The molecule has 1 fully saturated rings. The fourth-order valence-electron chi connectivity index (χ4n) is 1.17. The van der Waals surface area contributed by atoms with E-state index in [-0.39, 0.29) is 5.11 Å². The summed E-state index contributed by atoms with van der Waals surface area (Å²) >= 11 is 4.65. The summed E-state index contributed by atoms with van der Waals surface area (Å²) in [4.78, 5) is 11.9. The Morgan fingerprint density at radius 1 is 1.38 bits per heavy atom. The van der Waals surface area contributed by atoms with E-state index in [0.29, 0.717) is 26.2 Å². The standard InChI is InChI=1S/C6H12N4O2S/c7-5(13)8-10-3-1-9(2-4-10)6(11)12/h1-4H2,(H,11,12)(H3,7,8,13). The van der Waals surface area contributed by atoms with Crippen molar-refractivity contribution >= 4 is 23.4 Å². The van der Waals surface area contributed by atoms with Crippen LogP contribution in [0.3, 0.4) is 0 Å². The van der Waals surface area contributed by atoms with Gasteiger partial charge in [0.25, 0.3) is 0 Å². The Kier molecular flexibility index (Phi) is 3.26. The molecule has 0 radical (unpaired) electrons. The molecule has 1 rings (SSSR count). The van der Waals surface area contributed by atoms with Gasteiger partial charge in [-0.2, -0.15) is 0 Å². The number of carbonyl (C=O) groups is 1. The van der Waals surface area contributed by atoms with Crippen LogP contribution in [0.15, 0.2) is 0 Å². The van der Waals surface area contributed by atoms with E-state index >= 15 is 0 Å². The number of hydrogen-bond acceptors (Lipinski definition) is 3. The van der Waals surface area contributed by atoms with Crippen LogP contribution in [0.1, 0.15) is 0 Å². The molecule has 0 aromatic rings. The first kappa shape index (κ1) is 10.0. The van der Waals surface area contributed by atoms with E-state index in [0.717, 1.165) is 0 Å². The third-order valence-electron chi connectivity index (χ3n) is 1.82. The van der Waals surface area contributed by atoms with Gasteiger partial charge in [0.05, 0.1) is 0 Å². The lowest BCUT2D eigenvalue weighted by Gasteiger charge is -2.33. The minimum absolute atomic E-state index is 0.212. The fourth-order valence-corrected chi connectivity index (χ4v) is 1.29. The van der Waals surface area contributed by atoms with Crippen molar-refractivity contribution in [2.45, 2.75) is 0 Å². The summed E-state index contributed by atoms with van der Waals surface area (Å²) in [6.45, 7) is 2.16. The number of hydrogen-bond donors (Lipinski definition) is 3. The highest BCUT2D eigenvalue weighted by Crippen LogP contribution is 1.98. The Morgan fingerprint density at radius 2 is 1.92 bits per heavy atom. The lowest BCUT2D eigenvalue weighted by Crippen LogP contribution is -2.55. The summed E-state index contributed by atoms with van der Waals surface area (Å²) in [6, 6.07) is 0. The van der Waals surface area contributed by atoms with E-state index < -0.39 is 6.09 Å². The third kappa shape index (κ3) is 3.03. The van der Waals surface area contributed by atoms with Crippen molar-refractivity contribution in [1.29, 1.82) is 0 Å². The quantitative estimate of drug-likeness (QED) is 0.477. The Bertz CT molecular complexity index is 215. The molecule has 1 saturated heterocycles. The maximum absolute atomic E-state index is 10.5. The Morgan fingerprint density at radius 3 is 2.31 bits per heavy atom. The average Bonchev–Trinajstić information content (AvgIpc) is 2.04. The smallest absolute Gasteiger partial charge is 0.407 e. The average molecular weight is 204 g/mol. The van der Waals surface area contributed by atoms with Crippen molar-refractivity contribution in [2.75, 3.05) is 26.2 Å². The molecule has 6 nitrogen and oxygen atoms in total. The van der Waals surface area contributed by atoms with Crippen LogP contribution in [0.2, 0.25) is 0 Å². The van der Waals surface area contributed by atoms with E-state index in [1.54, 1.807) is 0 Å². The molecule has 0 bridgehead atoms. The molecule has 0 saturated carbocycles. The van der Waals surface area contributed by atoms with Crippen molar-refractivity contribution in [2.24, 2.45) is 5.73 Å². The molecule has 0 aliphatic carbocycles. The molecule has 74 valence electrons. The van der Waals surface area contributed by atoms with Crippen molar-refractivity contribution in [3.05, 3.63) is 0 Å². The monoisotopic (exact) mass is 204 g/mol. The van der Waals surface area contributed by atoms with Gasteiger partial charge in [-0.15, -0.1) is 0 Å². The van der Waals surface area contributed by atoms with Crippen LogP contribution < -0.4 is 11.2 Å². The van der Waals surface area contributed by atoms with Crippen molar-refractivity contribution < 1.29 is 9.90 Å². The number of rotatable bonds is 1. The zero-order valence-corrected chi connectivity index (χ0v) is 7.88. The molecule has 0 unspecified atom stereocenters. The van der Waals surface area contributed by atoms with Gasteiger partial charge in [0.2, 0.25) is 0 Å². The summed E-state index contributed by atoms with van der Waals surface area (Å²) in [5, 5.41) is 10.7. The minimum Gasteiger partial charge on any atom is -0.465 e. The normalized spacial score (nSPS) is 18.3. The van der Waals surface area contributed by atoms with E-state index in [2.05, 4.69) is 17.6 Å². The summed E-state index contributed by atoms with van der Waals surface area (Å²) in [5.74, 6) is 0. The molecular weight excluding hydrogens is 192 g/mol. The zero-order valence-electron chi connectivity index (χ0n) is 7.06. The highest BCUT2D eigenvalue weighted by atomic mass is 32.1. The number of thiocarbonyl (C=S) groups is 1. The molecule has 13 heavy (non-hydrogen) atoms. The van der Waals surface area contributed by atoms with Gasteiger partial charge in [0, 0.05) is 26.2 Å². The molecule has 0 spiro atoms. The number of carboxylic acid groups (broad SMARTS) is 1. The van der Waals surface area contributed by atoms with Gasteiger partial charge in [0.15, 0.2) is 5.11 Å². The highest BCUT2D eigenvalue weighted by molar-refractivity contribution is 7.80. The SMILES string of the molecule is NC(=S)NN1CCN(C(=O)O)CC1.